The Kier molecular flexibility index (Phi) is 6.67. The Morgan fingerprint density at radius 2 is 1.74 bits per heavy atom. The van der Waals surface area contributed by atoms with E-state index >= 15 is 0 Å². The number of ether oxygens (including phenoxy) is 2. The van der Waals surface area contributed by atoms with Gasteiger partial charge in [0, 0.05) is 11.7 Å². The summed E-state index contributed by atoms with van der Waals surface area (Å²) >= 11 is 0. The van der Waals surface area contributed by atoms with Crippen LogP contribution in [0.1, 0.15) is 50.6 Å². The van der Waals surface area contributed by atoms with E-state index in [0.717, 1.165) is 31.2 Å². The number of carbonyl (C=O) groups excluding carboxylic acids is 3. The van der Waals surface area contributed by atoms with Crippen LogP contribution in [0.15, 0.2) is 66.7 Å². The minimum absolute atomic E-state index is 0.0856. The number of rotatable bonds is 7. The second-order valence-corrected chi connectivity index (χ2v) is 11.1. The third-order valence-corrected chi connectivity index (χ3v) is 8.87. The van der Waals surface area contributed by atoms with E-state index in [9.17, 15) is 14.4 Å². The number of hydrogen-bond donors (Lipinski definition) is 2. The van der Waals surface area contributed by atoms with Gasteiger partial charge in [-0.3, -0.25) is 14.4 Å². The molecule has 2 saturated heterocycles. The normalized spacial score (nSPS) is 30.2. The van der Waals surface area contributed by atoms with Gasteiger partial charge < -0.3 is 25.0 Å². The van der Waals surface area contributed by atoms with E-state index in [1.54, 1.807) is 36.3 Å². The summed E-state index contributed by atoms with van der Waals surface area (Å²) in [5.74, 6) is -1.59. The third kappa shape index (κ3) is 4.31. The average Bonchev–Trinajstić information content (AvgIpc) is 3.61. The molecule has 2 aromatic carbocycles. The minimum atomic E-state index is -1.19. The lowest BCUT2D eigenvalue weighted by Crippen LogP contribution is -2.56. The lowest BCUT2D eigenvalue weighted by molar-refractivity contribution is -0.143. The van der Waals surface area contributed by atoms with Crippen molar-refractivity contribution >= 4 is 23.4 Å². The van der Waals surface area contributed by atoms with Crippen molar-refractivity contribution in [3.8, 4) is 5.75 Å². The maximum absolute atomic E-state index is 14.3. The first-order valence-corrected chi connectivity index (χ1v) is 13.9. The molecule has 2 N–H and O–H groups in total. The Hall–Kier alpha value is -3.65. The molecule has 0 aromatic heterocycles. The molecule has 3 heterocycles. The molecular formula is C31H35N3O5. The number of fused-ring (bicyclic) bond motifs is 1. The predicted molar refractivity (Wildman–Crippen MR) is 146 cm³/mol. The van der Waals surface area contributed by atoms with Gasteiger partial charge in [0.2, 0.25) is 17.7 Å². The van der Waals surface area contributed by atoms with Crippen molar-refractivity contribution in [3.05, 3.63) is 72.3 Å². The Balaban J connectivity index is 1.33. The summed E-state index contributed by atoms with van der Waals surface area (Å²) in [7, 11) is 1.58. The van der Waals surface area contributed by atoms with Crippen molar-refractivity contribution in [2.75, 3.05) is 12.4 Å². The fourth-order valence-corrected chi connectivity index (χ4v) is 6.94. The van der Waals surface area contributed by atoms with Crippen LogP contribution in [0.25, 0.3) is 0 Å². The van der Waals surface area contributed by atoms with Crippen molar-refractivity contribution in [1.82, 2.24) is 10.2 Å². The van der Waals surface area contributed by atoms with Gasteiger partial charge in [-0.25, -0.2) is 0 Å². The molecule has 6 atom stereocenters. The fraction of sp³-hybridized carbons (Fsp3) is 0.452. The van der Waals surface area contributed by atoms with Gasteiger partial charge in [-0.1, -0.05) is 61.7 Å². The van der Waals surface area contributed by atoms with E-state index in [4.69, 9.17) is 9.47 Å². The first-order valence-electron chi connectivity index (χ1n) is 13.9. The summed E-state index contributed by atoms with van der Waals surface area (Å²) in [6, 6.07) is 15.6. The van der Waals surface area contributed by atoms with Crippen LogP contribution in [-0.2, 0) is 19.1 Å². The SMILES string of the molecule is COc1ccc(NC(=O)C2C3C=CC4(O3)C2C(=O)N(C(C)c2ccccc2)C4C(=O)NC2CCCCC2)cc1. The van der Waals surface area contributed by atoms with Gasteiger partial charge in [0.25, 0.3) is 0 Å². The molecule has 1 saturated carbocycles. The van der Waals surface area contributed by atoms with Crippen LogP contribution in [0.4, 0.5) is 5.69 Å². The lowest BCUT2D eigenvalue weighted by Gasteiger charge is -2.37. The van der Waals surface area contributed by atoms with Crippen molar-refractivity contribution < 1.29 is 23.9 Å². The largest absolute Gasteiger partial charge is 0.497 e. The molecule has 6 rings (SSSR count). The molecule has 0 radical (unpaired) electrons. The van der Waals surface area contributed by atoms with Crippen molar-refractivity contribution in [2.45, 2.75) is 68.9 Å². The number of amides is 3. The highest BCUT2D eigenvalue weighted by Gasteiger charge is 2.73. The Morgan fingerprint density at radius 1 is 1.03 bits per heavy atom. The van der Waals surface area contributed by atoms with Gasteiger partial charge >= 0.3 is 0 Å². The zero-order valence-corrected chi connectivity index (χ0v) is 22.3. The van der Waals surface area contributed by atoms with Crippen molar-refractivity contribution in [1.29, 1.82) is 0 Å². The highest BCUT2D eigenvalue weighted by Crippen LogP contribution is 2.56. The average molecular weight is 530 g/mol. The van der Waals surface area contributed by atoms with Crippen LogP contribution >= 0.6 is 0 Å². The number of benzene rings is 2. The van der Waals surface area contributed by atoms with E-state index in [-0.39, 0.29) is 29.8 Å². The van der Waals surface area contributed by atoms with Crippen LogP contribution in [0.2, 0.25) is 0 Å². The maximum atomic E-state index is 14.3. The summed E-state index contributed by atoms with van der Waals surface area (Å²) in [6.45, 7) is 1.94. The van der Waals surface area contributed by atoms with E-state index in [1.807, 2.05) is 49.4 Å². The van der Waals surface area contributed by atoms with Crippen LogP contribution in [-0.4, -0.2) is 53.5 Å². The number of nitrogens with one attached hydrogen (secondary N) is 2. The van der Waals surface area contributed by atoms with Crippen LogP contribution in [0.3, 0.4) is 0 Å². The molecule has 1 aliphatic carbocycles. The summed E-state index contributed by atoms with van der Waals surface area (Å²) in [5, 5.41) is 6.20. The Labute approximate surface area is 228 Å². The summed E-state index contributed by atoms with van der Waals surface area (Å²) < 4.78 is 11.7. The molecule has 39 heavy (non-hydrogen) atoms. The van der Waals surface area contributed by atoms with E-state index in [0.29, 0.717) is 11.4 Å². The van der Waals surface area contributed by atoms with Crippen LogP contribution in [0, 0.1) is 11.8 Å². The highest BCUT2D eigenvalue weighted by atomic mass is 16.5. The molecule has 6 unspecified atom stereocenters. The van der Waals surface area contributed by atoms with E-state index in [1.165, 1.54) is 6.42 Å². The number of nitrogens with zero attached hydrogens (tertiary/aromatic N) is 1. The Morgan fingerprint density at radius 3 is 2.44 bits per heavy atom. The molecule has 3 fully saturated rings. The standard InChI is InChI=1S/C31H35N3O5/c1-19(20-9-5-3-6-10-20)34-27(29(36)33-21-11-7-4-8-12-21)31-18-17-24(39-31)25(26(31)30(34)37)28(35)32-22-13-15-23(38-2)16-14-22/h3,5-6,9-10,13-19,21,24-27H,4,7-8,11-12H2,1-2H3,(H,32,35)(H,33,36). The highest BCUT2D eigenvalue weighted by molar-refractivity contribution is 6.03. The molecule has 1 spiro atoms. The van der Waals surface area contributed by atoms with Crippen molar-refractivity contribution in [3.63, 3.8) is 0 Å². The summed E-state index contributed by atoms with van der Waals surface area (Å²) in [6.07, 6.45) is 8.34. The molecule has 2 aromatic rings. The molecule has 4 aliphatic rings. The van der Waals surface area contributed by atoms with Gasteiger partial charge in [-0.05, 0) is 49.6 Å². The number of likely N-dealkylation sites (tertiary alicyclic amines) is 1. The van der Waals surface area contributed by atoms with E-state index < -0.39 is 29.6 Å². The molecule has 8 heteroatoms. The molecule has 8 nitrogen and oxygen atoms in total. The first kappa shape index (κ1) is 25.6. The number of methoxy groups -OCH3 is 1. The molecule has 2 bridgehead atoms. The van der Waals surface area contributed by atoms with Crippen molar-refractivity contribution in [2.24, 2.45) is 11.8 Å². The summed E-state index contributed by atoms with van der Waals surface area (Å²) in [5.41, 5.74) is 0.342. The van der Waals surface area contributed by atoms with Gasteiger partial charge in [0.05, 0.1) is 31.1 Å². The molecular weight excluding hydrogens is 494 g/mol. The monoisotopic (exact) mass is 529 g/mol. The molecule has 3 aliphatic heterocycles. The molecule has 204 valence electrons. The minimum Gasteiger partial charge on any atom is -0.497 e. The number of hydrogen-bond acceptors (Lipinski definition) is 5. The maximum Gasteiger partial charge on any atom is 0.246 e. The van der Waals surface area contributed by atoms with Gasteiger partial charge in [-0.2, -0.15) is 0 Å². The van der Waals surface area contributed by atoms with Gasteiger partial charge in [0.1, 0.15) is 17.4 Å². The van der Waals surface area contributed by atoms with Crippen LogP contribution < -0.4 is 15.4 Å². The predicted octanol–water partition coefficient (Wildman–Crippen LogP) is 3.99. The third-order valence-electron chi connectivity index (χ3n) is 8.87. The zero-order valence-electron chi connectivity index (χ0n) is 22.3. The quantitative estimate of drug-likeness (QED) is 0.529. The second-order valence-electron chi connectivity index (χ2n) is 11.1. The van der Waals surface area contributed by atoms with E-state index in [2.05, 4.69) is 10.6 Å². The lowest BCUT2D eigenvalue weighted by atomic mass is 9.74. The van der Waals surface area contributed by atoms with Gasteiger partial charge in [0.15, 0.2) is 0 Å². The number of carbonyl (C=O) groups is 3. The first-order chi connectivity index (χ1) is 18.9. The Bertz CT molecular complexity index is 1270. The number of anilines is 1. The van der Waals surface area contributed by atoms with Crippen LogP contribution in [0.5, 0.6) is 5.75 Å². The van der Waals surface area contributed by atoms with Gasteiger partial charge in [-0.15, -0.1) is 0 Å². The zero-order chi connectivity index (χ0) is 27.1. The topological polar surface area (TPSA) is 97.0 Å². The fourth-order valence-electron chi connectivity index (χ4n) is 6.94. The smallest absolute Gasteiger partial charge is 0.246 e. The molecule has 3 amide bonds. The second kappa shape index (κ2) is 10.2. The summed E-state index contributed by atoms with van der Waals surface area (Å²) in [4.78, 5) is 43.6.